The summed E-state index contributed by atoms with van der Waals surface area (Å²) in [6, 6.07) is 0.436. The predicted molar refractivity (Wildman–Crippen MR) is 64.6 cm³/mol. The first-order valence-corrected chi connectivity index (χ1v) is 5.99. The molecule has 0 radical (unpaired) electrons. The minimum Gasteiger partial charge on any atom is -0.481 e. The van der Waals surface area contributed by atoms with Crippen LogP contribution in [-0.4, -0.2) is 60.1 Å². The van der Waals surface area contributed by atoms with Crippen molar-refractivity contribution in [2.45, 2.75) is 33.2 Å². The molecule has 0 spiro atoms. The summed E-state index contributed by atoms with van der Waals surface area (Å²) in [5.41, 5.74) is -0.656. The first-order chi connectivity index (χ1) is 7.33. The fourth-order valence-corrected chi connectivity index (χ4v) is 2.23. The molecule has 1 heterocycles. The molecule has 1 rings (SSSR count). The highest BCUT2D eigenvalue weighted by molar-refractivity contribution is 5.73. The summed E-state index contributed by atoms with van der Waals surface area (Å²) >= 11 is 0. The molecule has 94 valence electrons. The minimum absolute atomic E-state index is 0.436. The van der Waals surface area contributed by atoms with E-state index in [9.17, 15) is 4.79 Å². The van der Waals surface area contributed by atoms with Gasteiger partial charge < -0.3 is 10.0 Å². The van der Waals surface area contributed by atoms with Crippen LogP contribution in [0.5, 0.6) is 0 Å². The van der Waals surface area contributed by atoms with Gasteiger partial charge in [-0.3, -0.25) is 9.69 Å². The van der Waals surface area contributed by atoms with Gasteiger partial charge >= 0.3 is 5.97 Å². The lowest BCUT2D eigenvalue weighted by Crippen LogP contribution is -2.45. The van der Waals surface area contributed by atoms with Gasteiger partial charge in [-0.05, 0) is 47.3 Å². The number of carboxylic acid groups (broad SMARTS) is 1. The van der Waals surface area contributed by atoms with Gasteiger partial charge in [0.15, 0.2) is 0 Å². The van der Waals surface area contributed by atoms with Crippen molar-refractivity contribution < 1.29 is 9.90 Å². The summed E-state index contributed by atoms with van der Waals surface area (Å²) in [5.74, 6) is -0.711. The van der Waals surface area contributed by atoms with Crippen LogP contribution in [-0.2, 0) is 4.79 Å². The fraction of sp³-hybridized carbons (Fsp3) is 0.917. The average molecular weight is 228 g/mol. The second-order valence-electron chi connectivity index (χ2n) is 5.62. The van der Waals surface area contributed by atoms with E-state index in [0.717, 1.165) is 26.1 Å². The lowest BCUT2D eigenvalue weighted by atomic mass is 9.92. The van der Waals surface area contributed by atoms with Crippen LogP contribution in [0.4, 0.5) is 0 Å². The molecule has 1 atom stereocenters. The Bertz CT molecular complexity index is 253. The molecule has 0 bridgehead atoms. The zero-order valence-electron chi connectivity index (χ0n) is 10.9. The molecule has 1 N–H and O–H groups in total. The van der Waals surface area contributed by atoms with E-state index in [4.69, 9.17) is 5.11 Å². The van der Waals surface area contributed by atoms with Crippen molar-refractivity contribution in [1.29, 1.82) is 0 Å². The smallest absolute Gasteiger partial charge is 0.310 e. The van der Waals surface area contributed by atoms with Crippen molar-refractivity contribution in [2.24, 2.45) is 5.41 Å². The largest absolute Gasteiger partial charge is 0.481 e. The Hall–Kier alpha value is -0.610. The lowest BCUT2D eigenvalue weighted by molar-refractivity contribution is -0.148. The van der Waals surface area contributed by atoms with E-state index in [1.165, 1.54) is 0 Å². The van der Waals surface area contributed by atoms with Gasteiger partial charge in [0.2, 0.25) is 0 Å². The van der Waals surface area contributed by atoms with Crippen molar-refractivity contribution in [3.63, 3.8) is 0 Å². The summed E-state index contributed by atoms with van der Waals surface area (Å²) in [7, 11) is 2.13. The third-order valence-electron chi connectivity index (χ3n) is 3.36. The zero-order valence-corrected chi connectivity index (χ0v) is 10.9. The van der Waals surface area contributed by atoms with Crippen LogP contribution in [0, 0.1) is 5.41 Å². The molecule has 0 saturated carbocycles. The summed E-state index contributed by atoms with van der Waals surface area (Å²) in [5, 5.41) is 9.14. The molecule has 0 aromatic rings. The Balaban J connectivity index is 2.62. The van der Waals surface area contributed by atoms with Crippen molar-refractivity contribution in [3.05, 3.63) is 0 Å². The van der Waals surface area contributed by atoms with Gasteiger partial charge in [-0.1, -0.05) is 0 Å². The third kappa shape index (κ3) is 3.46. The highest BCUT2D eigenvalue weighted by Crippen LogP contribution is 2.20. The Kier molecular flexibility index (Phi) is 4.33. The molecular formula is C12H24N2O2. The molecule has 0 aliphatic carbocycles. The molecule has 1 aliphatic rings. The van der Waals surface area contributed by atoms with Gasteiger partial charge in [-0.25, -0.2) is 0 Å². The van der Waals surface area contributed by atoms with Crippen LogP contribution < -0.4 is 0 Å². The van der Waals surface area contributed by atoms with E-state index in [1.807, 2.05) is 0 Å². The number of nitrogens with zero attached hydrogens (tertiary/aromatic N) is 2. The van der Waals surface area contributed by atoms with Crippen molar-refractivity contribution in [3.8, 4) is 0 Å². The fourth-order valence-electron chi connectivity index (χ4n) is 2.23. The highest BCUT2D eigenvalue weighted by Gasteiger charge is 2.32. The normalized spacial score (nSPS) is 25.4. The number of hydrogen-bond donors (Lipinski definition) is 1. The first-order valence-electron chi connectivity index (χ1n) is 5.99. The Morgan fingerprint density at radius 1 is 1.44 bits per heavy atom. The zero-order chi connectivity index (χ0) is 12.3. The number of carbonyl (C=O) groups is 1. The molecule has 4 heteroatoms. The predicted octanol–water partition coefficient (Wildman–Crippen LogP) is 1.12. The SMILES string of the molecule is CC1CN(C)CCCN1CC(C)(C)C(=O)O. The van der Waals surface area contributed by atoms with E-state index in [1.54, 1.807) is 13.8 Å². The Labute approximate surface area is 98.2 Å². The quantitative estimate of drug-likeness (QED) is 0.786. The van der Waals surface area contributed by atoms with Gasteiger partial charge in [-0.2, -0.15) is 0 Å². The van der Waals surface area contributed by atoms with Crippen LogP contribution in [0.3, 0.4) is 0 Å². The second-order valence-corrected chi connectivity index (χ2v) is 5.62. The molecule has 0 aromatic carbocycles. The second kappa shape index (κ2) is 5.15. The number of carboxylic acids is 1. The maximum absolute atomic E-state index is 11.1. The van der Waals surface area contributed by atoms with Crippen molar-refractivity contribution in [2.75, 3.05) is 33.2 Å². The molecule has 0 amide bonds. The third-order valence-corrected chi connectivity index (χ3v) is 3.36. The summed E-state index contributed by atoms with van der Waals surface area (Å²) < 4.78 is 0. The number of hydrogen-bond acceptors (Lipinski definition) is 3. The molecule has 1 unspecified atom stereocenters. The van der Waals surface area contributed by atoms with Crippen LogP contribution in [0.15, 0.2) is 0 Å². The lowest BCUT2D eigenvalue weighted by Gasteiger charge is -2.33. The summed E-state index contributed by atoms with van der Waals surface area (Å²) in [6.45, 7) is 9.55. The topological polar surface area (TPSA) is 43.8 Å². The molecule has 0 aromatic heterocycles. The van der Waals surface area contributed by atoms with Gasteiger partial charge in [-0.15, -0.1) is 0 Å². The van der Waals surface area contributed by atoms with Crippen molar-refractivity contribution >= 4 is 5.97 Å². The molecule has 16 heavy (non-hydrogen) atoms. The molecular weight excluding hydrogens is 204 g/mol. The number of aliphatic carboxylic acids is 1. The molecule has 1 saturated heterocycles. The summed E-state index contributed by atoms with van der Waals surface area (Å²) in [4.78, 5) is 15.7. The molecule has 1 aliphatic heterocycles. The van der Waals surface area contributed by atoms with Gasteiger partial charge in [0, 0.05) is 19.1 Å². The van der Waals surface area contributed by atoms with Gasteiger partial charge in [0.1, 0.15) is 0 Å². The number of likely N-dealkylation sites (N-methyl/N-ethyl adjacent to an activating group) is 1. The monoisotopic (exact) mass is 228 g/mol. The minimum atomic E-state index is -0.711. The average Bonchev–Trinajstić information content (AvgIpc) is 2.28. The number of rotatable bonds is 3. The van der Waals surface area contributed by atoms with E-state index in [2.05, 4.69) is 23.8 Å². The molecule has 1 fully saturated rings. The van der Waals surface area contributed by atoms with E-state index in [-0.39, 0.29) is 0 Å². The highest BCUT2D eigenvalue weighted by atomic mass is 16.4. The molecule has 4 nitrogen and oxygen atoms in total. The van der Waals surface area contributed by atoms with Crippen LogP contribution in [0.25, 0.3) is 0 Å². The Morgan fingerprint density at radius 2 is 2.06 bits per heavy atom. The van der Waals surface area contributed by atoms with Crippen LogP contribution >= 0.6 is 0 Å². The van der Waals surface area contributed by atoms with Crippen LogP contribution in [0.1, 0.15) is 27.2 Å². The maximum atomic E-state index is 11.1. The van der Waals surface area contributed by atoms with E-state index in [0.29, 0.717) is 12.6 Å². The van der Waals surface area contributed by atoms with Crippen LogP contribution in [0.2, 0.25) is 0 Å². The Morgan fingerprint density at radius 3 is 2.62 bits per heavy atom. The van der Waals surface area contributed by atoms with Gasteiger partial charge in [0.25, 0.3) is 0 Å². The van der Waals surface area contributed by atoms with E-state index < -0.39 is 11.4 Å². The standard InChI is InChI=1S/C12H24N2O2/c1-10-8-13(4)6-5-7-14(10)9-12(2,3)11(15)16/h10H,5-9H2,1-4H3,(H,15,16). The maximum Gasteiger partial charge on any atom is 0.310 e. The first kappa shape index (κ1) is 13.5. The summed E-state index contributed by atoms with van der Waals surface area (Å²) in [6.07, 6.45) is 1.12. The van der Waals surface area contributed by atoms with Gasteiger partial charge in [0.05, 0.1) is 5.41 Å². The van der Waals surface area contributed by atoms with Crippen molar-refractivity contribution in [1.82, 2.24) is 9.80 Å². The van der Waals surface area contributed by atoms with E-state index >= 15 is 0 Å².